The molecular formula is C21H19N3O2. The molecule has 0 radical (unpaired) electrons. The summed E-state index contributed by atoms with van der Waals surface area (Å²) < 4.78 is 5.72. The van der Waals surface area contributed by atoms with E-state index in [4.69, 9.17) is 4.74 Å². The Kier molecular flexibility index (Phi) is 4.35. The molecule has 0 N–H and O–H groups in total. The number of ether oxygens (including phenoxy) is 1. The maximum atomic E-state index is 13.0. The van der Waals surface area contributed by atoms with Crippen LogP contribution in [0, 0.1) is 0 Å². The highest BCUT2D eigenvalue weighted by molar-refractivity contribution is 6.06. The zero-order valence-electron chi connectivity index (χ0n) is 14.5. The van der Waals surface area contributed by atoms with Crippen LogP contribution in [0.2, 0.25) is 0 Å². The lowest BCUT2D eigenvalue weighted by Crippen LogP contribution is -2.36. The molecule has 2 heterocycles. The van der Waals surface area contributed by atoms with Crippen LogP contribution in [0.5, 0.6) is 5.88 Å². The van der Waals surface area contributed by atoms with Crippen molar-refractivity contribution >= 4 is 11.6 Å². The van der Waals surface area contributed by atoms with E-state index >= 15 is 0 Å². The normalized spacial score (nSPS) is 15.6. The van der Waals surface area contributed by atoms with E-state index in [-0.39, 0.29) is 11.9 Å². The molecule has 0 aliphatic carbocycles. The van der Waals surface area contributed by atoms with E-state index in [0.717, 1.165) is 17.7 Å². The number of carbonyl (C=O) groups is 1. The van der Waals surface area contributed by atoms with Crippen molar-refractivity contribution in [1.29, 1.82) is 0 Å². The molecule has 5 heteroatoms. The second kappa shape index (κ2) is 6.96. The Morgan fingerprint density at radius 2 is 1.88 bits per heavy atom. The molecule has 130 valence electrons. The van der Waals surface area contributed by atoms with Crippen LogP contribution >= 0.6 is 0 Å². The maximum Gasteiger partial charge on any atom is 0.277 e. The third-order valence-corrected chi connectivity index (χ3v) is 4.52. The van der Waals surface area contributed by atoms with Gasteiger partial charge in [-0.3, -0.25) is 4.79 Å². The molecule has 0 spiro atoms. The molecule has 3 aromatic rings. The van der Waals surface area contributed by atoms with Crippen molar-refractivity contribution in [2.24, 2.45) is 0 Å². The molecule has 0 saturated heterocycles. The number of fused-ring (bicyclic) bond motifs is 1. The molecule has 4 rings (SSSR count). The highest BCUT2D eigenvalue weighted by Gasteiger charge is 2.32. The highest BCUT2D eigenvalue weighted by Crippen LogP contribution is 2.32. The lowest BCUT2D eigenvalue weighted by atomic mass is 10.1. The average Bonchev–Trinajstić information content (AvgIpc) is 3.02. The van der Waals surface area contributed by atoms with Gasteiger partial charge in [-0.05, 0) is 30.5 Å². The van der Waals surface area contributed by atoms with Gasteiger partial charge in [-0.25, -0.2) is 9.97 Å². The van der Waals surface area contributed by atoms with Gasteiger partial charge in [0, 0.05) is 17.8 Å². The largest absolute Gasteiger partial charge is 0.473 e. The van der Waals surface area contributed by atoms with E-state index < -0.39 is 0 Å². The quantitative estimate of drug-likeness (QED) is 0.724. The molecule has 0 bridgehead atoms. The number of rotatable bonds is 4. The molecule has 1 aromatic heterocycles. The number of aromatic nitrogens is 2. The van der Waals surface area contributed by atoms with Gasteiger partial charge in [0.05, 0.1) is 0 Å². The van der Waals surface area contributed by atoms with Crippen LogP contribution in [0.4, 0.5) is 5.69 Å². The molecule has 0 saturated carbocycles. The van der Waals surface area contributed by atoms with Gasteiger partial charge in [-0.1, -0.05) is 48.5 Å². The summed E-state index contributed by atoms with van der Waals surface area (Å²) in [6.07, 6.45) is 2.23. The summed E-state index contributed by atoms with van der Waals surface area (Å²) in [6, 6.07) is 19.5. The first-order valence-electron chi connectivity index (χ1n) is 8.62. The SMILES string of the molecule is CC1Cc2ccccc2N1C(=O)c1cc(OCc2ccccc2)ncn1. The second-order valence-electron chi connectivity index (χ2n) is 6.37. The standard InChI is InChI=1S/C21H19N3O2/c1-15-11-17-9-5-6-10-19(17)24(15)21(25)18-12-20(23-14-22-18)26-13-16-7-3-2-4-8-16/h2-10,12,14-15H,11,13H2,1H3. The number of carbonyl (C=O) groups excluding carboxylic acids is 1. The zero-order valence-corrected chi connectivity index (χ0v) is 14.5. The van der Waals surface area contributed by atoms with Crippen molar-refractivity contribution in [3.63, 3.8) is 0 Å². The van der Waals surface area contributed by atoms with Crippen LogP contribution in [0.15, 0.2) is 67.0 Å². The second-order valence-corrected chi connectivity index (χ2v) is 6.37. The Morgan fingerprint density at radius 3 is 2.73 bits per heavy atom. The summed E-state index contributed by atoms with van der Waals surface area (Å²) in [7, 11) is 0. The van der Waals surface area contributed by atoms with Crippen LogP contribution in [0.25, 0.3) is 0 Å². The molecule has 1 aliphatic heterocycles. The van der Waals surface area contributed by atoms with Crippen molar-refractivity contribution in [3.05, 3.63) is 83.8 Å². The van der Waals surface area contributed by atoms with Gasteiger partial charge in [-0.2, -0.15) is 0 Å². The maximum absolute atomic E-state index is 13.0. The summed E-state index contributed by atoms with van der Waals surface area (Å²) in [6.45, 7) is 2.44. The van der Waals surface area contributed by atoms with Crippen LogP contribution in [-0.4, -0.2) is 21.9 Å². The van der Waals surface area contributed by atoms with E-state index in [9.17, 15) is 4.79 Å². The molecule has 26 heavy (non-hydrogen) atoms. The first-order chi connectivity index (χ1) is 12.7. The molecule has 0 fully saturated rings. The van der Waals surface area contributed by atoms with Crippen LogP contribution in [-0.2, 0) is 13.0 Å². The number of nitrogens with zero attached hydrogens (tertiary/aromatic N) is 3. The Morgan fingerprint density at radius 1 is 1.12 bits per heavy atom. The van der Waals surface area contributed by atoms with Crippen molar-refractivity contribution in [3.8, 4) is 5.88 Å². The Labute approximate surface area is 152 Å². The van der Waals surface area contributed by atoms with E-state index in [1.807, 2.05) is 55.5 Å². The number of para-hydroxylation sites is 1. The highest BCUT2D eigenvalue weighted by atomic mass is 16.5. The van der Waals surface area contributed by atoms with Crippen LogP contribution in [0.1, 0.15) is 28.5 Å². The summed E-state index contributed by atoms with van der Waals surface area (Å²) in [5.74, 6) is 0.266. The van der Waals surface area contributed by atoms with Crippen LogP contribution in [0.3, 0.4) is 0 Å². The van der Waals surface area contributed by atoms with Gasteiger partial charge in [0.15, 0.2) is 0 Å². The summed E-state index contributed by atoms with van der Waals surface area (Å²) in [5, 5.41) is 0. The van der Waals surface area contributed by atoms with E-state index in [1.54, 1.807) is 11.0 Å². The lowest BCUT2D eigenvalue weighted by molar-refractivity contribution is 0.0975. The number of hydrogen-bond donors (Lipinski definition) is 0. The number of anilines is 1. The van der Waals surface area contributed by atoms with Gasteiger partial charge in [0.2, 0.25) is 5.88 Å². The third-order valence-electron chi connectivity index (χ3n) is 4.52. The number of benzene rings is 2. The van der Waals surface area contributed by atoms with Crippen molar-refractivity contribution in [1.82, 2.24) is 9.97 Å². The predicted octanol–water partition coefficient (Wildman–Crippen LogP) is 3.65. The minimum Gasteiger partial charge on any atom is -0.473 e. The molecule has 2 aromatic carbocycles. The van der Waals surface area contributed by atoms with Gasteiger partial charge >= 0.3 is 0 Å². The number of hydrogen-bond acceptors (Lipinski definition) is 4. The van der Waals surface area contributed by atoms with Gasteiger partial charge in [-0.15, -0.1) is 0 Å². The topological polar surface area (TPSA) is 55.3 Å². The van der Waals surface area contributed by atoms with E-state index in [1.165, 1.54) is 11.9 Å². The Bertz CT molecular complexity index is 927. The van der Waals surface area contributed by atoms with Crippen molar-refractivity contribution in [2.45, 2.75) is 26.0 Å². The lowest BCUT2D eigenvalue weighted by Gasteiger charge is -2.22. The Hall–Kier alpha value is -3.21. The summed E-state index contributed by atoms with van der Waals surface area (Å²) in [4.78, 5) is 23.1. The van der Waals surface area contributed by atoms with E-state index in [2.05, 4.69) is 16.0 Å². The molecule has 1 atom stereocenters. The molecule has 1 amide bonds. The van der Waals surface area contributed by atoms with Gasteiger partial charge in [0.25, 0.3) is 5.91 Å². The fourth-order valence-electron chi connectivity index (χ4n) is 3.27. The predicted molar refractivity (Wildman–Crippen MR) is 99.2 cm³/mol. The molecular weight excluding hydrogens is 326 g/mol. The van der Waals surface area contributed by atoms with E-state index in [0.29, 0.717) is 18.2 Å². The monoisotopic (exact) mass is 345 g/mol. The van der Waals surface area contributed by atoms with Gasteiger partial charge < -0.3 is 9.64 Å². The third kappa shape index (κ3) is 3.16. The number of amides is 1. The molecule has 1 aliphatic rings. The first-order valence-corrected chi connectivity index (χ1v) is 8.62. The summed E-state index contributed by atoms with van der Waals surface area (Å²) in [5.41, 5.74) is 3.52. The molecule has 1 unspecified atom stereocenters. The average molecular weight is 345 g/mol. The van der Waals surface area contributed by atoms with Crippen molar-refractivity contribution < 1.29 is 9.53 Å². The zero-order chi connectivity index (χ0) is 17.9. The molecule has 5 nitrogen and oxygen atoms in total. The minimum absolute atomic E-state index is 0.101. The first kappa shape index (κ1) is 16.3. The minimum atomic E-state index is -0.130. The van der Waals surface area contributed by atoms with Gasteiger partial charge in [0.1, 0.15) is 18.6 Å². The van der Waals surface area contributed by atoms with Crippen molar-refractivity contribution in [2.75, 3.05) is 4.90 Å². The fraction of sp³-hybridized carbons (Fsp3) is 0.190. The summed E-state index contributed by atoms with van der Waals surface area (Å²) >= 11 is 0. The fourth-order valence-corrected chi connectivity index (χ4v) is 3.27. The van der Waals surface area contributed by atoms with Crippen LogP contribution < -0.4 is 9.64 Å². The Balaban J connectivity index is 1.54. The smallest absolute Gasteiger partial charge is 0.277 e.